The van der Waals surface area contributed by atoms with E-state index in [1.54, 1.807) is 0 Å². The molecule has 0 bridgehead atoms. The first-order valence-electron chi connectivity index (χ1n) is 5.71. The van der Waals surface area contributed by atoms with Crippen LogP contribution in [0.25, 0.3) is 0 Å². The van der Waals surface area contributed by atoms with Gasteiger partial charge in [-0.15, -0.1) is 0 Å². The fourth-order valence-electron chi connectivity index (χ4n) is 1.73. The van der Waals surface area contributed by atoms with Crippen LogP contribution < -0.4 is 10.6 Å². The molecule has 1 aromatic carbocycles. The summed E-state index contributed by atoms with van der Waals surface area (Å²) in [6.07, 6.45) is 1.61. The molecule has 2 rings (SSSR count). The summed E-state index contributed by atoms with van der Waals surface area (Å²) in [7, 11) is 0. The predicted molar refractivity (Wildman–Crippen MR) is 63.0 cm³/mol. The molecule has 3 nitrogen and oxygen atoms in total. The predicted octanol–water partition coefficient (Wildman–Crippen LogP) is 1.45. The van der Waals surface area contributed by atoms with Crippen LogP contribution in [0.15, 0.2) is 23.2 Å². The number of benzene rings is 1. The number of hydrogen-bond donors (Lipinski definition) is 2. The number of nitrogens with zero attached hydrogens (tertiary/aromatic N) is 1. The van der Waals surface area contributed by atoms with Crippen LogP contribution in [0.1, 0.15) is 12.0 Å². The van der Waals surface area contributed by atoms with Crippen molar-refractivity contribution in [1.29, 1.82) is 0 Å². The van der Waals surface area contributed by atoms with Crippen LogP contribution in [-0.4, -0.2) is 25.6 Å². The molecule has 0 unspecified atom stereocenters. The fraction of sp³-hybridized carbons (Fsp3) is 0.417. The van der Waals surface area contributed by atoms with Crippen LogP contribution in [0.4, 0.5) is 8.78 Å². The second-order valence-electron chi connectivity index (χ2n) is 3.97. The lowest BCUT2D eigenvalue weighted by Crippen LogP contribution is -2.41. The Morgan fingerprint density at radius 1 is 1.24 bits per heavy atom. The average Bonchev–Trinajstić information content (AvgIpc) is 2.29. The van der Waals surface area contributed by atoms with Gasteiger partial charge in [0.05, 0.1) is 0 Å². The lowest BCUT2D eigenvalue weighted by atomic mass is 10.1. The molecule has 1 aliphatic rings. The van der Waals surface area contributed by atoms with Crippen LogP contribution in [0.3, 0.4) is 0 Å². The van der Waals surface area contributed by atoms with Gasteiger partial charge in [-0.3, -0.25) is 4.99 Å². The van der Waals surface area contributed by atoms with Crippen molar-refractivity contribution >= 4 is 5.96 Å². The number of rotatable bonds is 3. The first-order valence-corrected chi connectivity index (χ1v) is 5.71. The number of nitrogens with one attached hydrogen (secondary N) is 2. The second kappa shape index (κ2) is 5.61. The molecule has 0 radical (unpaired) electrons. The molecule has 92 valence electrons. The Bertz CT molecular complexity index is 398. The number of guanidine groups is 1. The highest BCUT2D eigenvalue weighted by Crippen LogP contribution is 2.08. The third kappa shape index (κ3) is 3.69. The zero-order valence-corrected chi connectivity index (χ0v) is 9.47. The molecule has 5 heteroatoms. The highest BCUT2D eigenvalue weighted by atomic mass is 19.1. The zero-order chi connectivity index (χ0) is 12.1. The molecule has 0 atom stereocenters. The van der Waals surface area contributed by atoms with E-state index < -0.39 is 11.6 Å². The lowest BCUT2D eigenvalue weighted by molar-refractivity contribution is 0.579. The summed E-state index contributed by atoms with van der Waals surface area (Å²) in [5, 5.41) is 6.22. The quantitative estimate of drug-likeness (QED) is 0.837. The number of hydrogen-bond acceptors (Lipinski definition) is 3. The van der Waals surface area contributed by atoms with E-state index in [4.69, 9.17) is 0 Å². The summed E-state index contributed by atoms with van der Waals surface area (Å²) in [5.74, 6) is -0.297. The zero-order valence-electron chi connectivity index (χ0n) is 9.47. The minimum absolute atomic E-state index is 0.534. The van der Waals surface area contributed by atoms with E-state index in [0.29, 0.717) is 18.5 Å². The van der Waals surface area contributed by atoms with Crippen LogP contribution in [0.5, 0.6) is 0 Å². The summed E-state index contributed by atoms with van der Waals surface area (Å²) >= 11 is 0. The van der Waals surface area contributed by atoms with E-state index >= 15 is 0 Å². The molecule has 1 aliphatic heterocycles. The molecule has 0 saturated carbocycles. The van der Waals surface area contributed by atoms with Gasteiger partial charge in [-0.2, -0.15) is 0 Å². The fourth-order valence-corrected chi connectivity index (χ4v) is 1.73. The summed E-state index contributed by atoms with van der Waals surface area (Å²) in [5.41, 5.74) is 0.645. The SMILES string of the molecule is Fc1cc(F)cc(CCNC2=NCCCN2)c1. The van der Waals surface area contributed by atoms with Crippen molar-refractivity contribution in [2.24, 2.45) is 4.99 Å². The first kappa shape index (κ1) is 11.8. The van der Waals surface area contributed by atoms with Gasteiger partial charge < -0.3 is 10.6 Å². The van der Waals surface area contributed by atoms with Gasteiger partial charge in [-0.05, 0) is 30.5 Å². The molecule has 0 amide bonds. The monoisotopic (exact) mass is 239 g/mol. The van der Waals surface area contributed by atoms with Crippen molar-refractivity contribution in [3.63, 3.8) is 0 Å². The Balaban J connectivity index is 1.83. The molecule has 2 N–H and O–H groups in total. The maximum Gasteiger partial charge on any atom is 0.191 e. The molecule has 1 heterocycles. The first-order chi connectivity index (χ1) is 8.24. The highest BCUT2D eigenvalue weighted by Gasteiger charge is 2.04. The Morgan fingerprint density at radius 3 is 2.65 bits per heavy atom. The molecule has 17 heavy (non-hydrogen) atoms. The second-order valence-corrected chi connectivity index (χ2v) is 3.97. The van der Waals surface area contributed by atoms with Crippen LogP contribution >= 0.6 is 0 Å². The Morgan fingerprint density at radius 2 is 2.00 bits per heavy atom. The third-order valence-electron chi connectivity index (χ3n) is 2.53. The maximum absolute atomic E-state index is 12.9. The normalized spacial score (nSPS) is 15.1. The number of aliphatic imine (C=N–C) groups is 1. The minimum atomic E-state index is -0.534. The van der Waals surface area contributed by atoms with E-state index in [0.717, 1.165) is 31.5 Å². The van der Waals surface area contributed by atoms with Gasteiger partial charge in [0.15, 0.2) is 5.96 Å². The van der Waals surface area contributed by atoms with Crippen molar-refractivity contribution < 1.29 is 8.78 Å². The molecular weight excluding hydrogens is 224 g/mol. The largest absolute Gasteiger partial charge is 0.356 e. The van der Waals surface area contributed by atoms with Gasteiger partial charge in [0.1, 0.15) is 11.6 Å². The molecule has 0 aromatic heterocycles. The number of halogens is 2. The van der Waals surface area contributed by atoms with Crippen LogP contribution in [0.2, 0.25) is 0 Å². The van der Waals surface area contributed by atoms with E-state index in [9.17, 15) is 8.78 Å². The molecule has 0 fully saturated rings. The van der Waals surface area contributed by atoms with Crippen molar-refractivity contribution in [2.75, 3.05) is 19.6 Å². The van der Waals surface area contributed by atoms with Gasteiger partial charge >= 0.3 is 0 Å². The van der Waals surface area contributed by atoms with Crippen LogP contribution in [-0.2, 0) is 6.42 Å². The Kier molecular flexibility index (Phi) is 3.90. The summed E-state index contributed by atoms with van der Waals surface area (Å²) in [4.78, 5) is 4.24. The molecule has 1 aromatic rings. The van der Waals surface area contributed by atoms with Gasteiger partial charge in [0.2, 0.25) is 0 Å². The third-order valence-corrected chi connectivity index (χ3v) is 2.53. The van der Waals surface area contributed by atoms with Gasteiger partial charge in [-0.1, -0.05) is 0 Å². The van der Waals surface area contributed by atoms with Crippen molar-refractivity contribution in [2.45, 2.75) is 12.8 Å². The Labute approximate surface area is 98.9 Å². The average molecular weight is 239 g/mol. The lowest BCUT2D eigenvalue weighted by Gasteiger charge is -2.15. The van der Waals surface area contributed by atoms with Crippen molar-refractivity contribution in [1.82, 2.24) is 10.6 Å². The van der Waals surface area contributed by atoms with Crippen molar-refractivity contribution in [3.8, 4) is 0 Å². The smallest absolute Gasteiger partial charge is 0.191 e. The van der Waals surface area contributed by atoms with E-state index in [2.05, 4.69) is 15.6 Å². The topological polar surface area (TPSA) is 36.4 Å². The molecule has 0 spiro atoms. The summed E-state index contributed by atoms with van der Waals surface area (Å²) in [6.45, 7) is 2.35. The summed E-state index contributed by atoms with van der Waals surface area (Å²) < 4.78 is 25.8. The Hall–Kier alpha value is -1.65. The minimum Gasteiger partial charge on any atom is -0.356 e. The van der Waals surface area contributed by atoms with E-state index in [1.165, 1.54) is 12.1 Å². The maximum atomic E-state index is 12.9. The standard InChI is InChI=1S/C12H15F2N3/c13-10-6-9(7-11(14)8-10)2-5-17-12-15-3-1-4-16-12/h6-8H,1-5H2,(H2,15,16,17). The molecule has 0 saturated heterocycles. The van der Waals surface area contributed by atoms with Crippen LogP contribution in [0, 0.1) is 11.6 Å². The van der Waals surface area contributed by atoms with Gasteiger partial charge in [0, 0.05) is 25.7 Å². The van der Waals surface area contributed by atoms with E-state index in [-0.39, 0.29) is 0 Å². The summed E-state index contributed by atoms with van der Waals surface area (Å²) in [6, 6.07) is 3.57. The molecule has 0 aliphatic carbocycles. The molecular formula is C12H15F2N3. The van der Waals surface area contributed by atoms with Crippen molar-refractivity contribution in [3.05, 3.63) is 35.4 Å². The van der Waals surface area contributed by atoms with Gasteiger partial charge in [0.25, 0.3) is 0 Å². The highest BCUT2D eigenvalue weighted by molar-refractivity contribution is 5.80. The van der Waals surface area contributed by atoms with Gasteiger partial charge in [-0.25, -0.2) is 8.78 Å². The van der Waals surface area contributed by atoms with E-state index in [1.807, 2.05) is 0 Å².